The Hall–Kier alpha value is -2.11. The molecule has 0 atom stereocenters. The fourth-order valence-corrected chi connectivity index (χ4v) is 1.65. The van der Waals surface area contributed by atoms with Gasteiger partial charge in [-0.15, -0.1) is 0 Å². The SMILES string of the molecule is COc1cc(NCCc2ccn(C)n2)nc(C)n1. The van der Waals surface area contributed by atoms with Gasteiger partial charge >= 0.3 is 0 Å². The van der Waals surface area contributed by atoms with Gasteiger partial charge in [-0.25, -0.2) is 4.98 Å². The van der Waals surface area contributed by atoms with E-state index in [2.05, 4.69) is 20.4 Å². The summed E-state index contributed by atoms with van der Waals surface area (Å²) in [7, 11) is 3.51. The average Bonchev–Trinajstić information content (AvgIpc) is 2.74. The third-order valence-corrected chi connectivity index (χ3v) is 2.48. The van der Waals surface area contributed by atoms with E-state index in [0.29, 0.717) is 11.7 Å². The van der Waals surface area contributed by atoms with Crippen molar-refractivity contribution >= 4 is 5.82 Å². The summed E-state index contributed by atoms with van der Waals surface area (Å²) < 4.78 is 6.90. The van der Waals surface area contributed by atoms with E-state index in [-0.39, 0.29) is 0 Å². The van der Waals surface area contributed by atoms with Crippen LogP contribution in [0.3, 0.4) is 0 Å². The maximum absolute atomic E-state index is 5.10. The van der Waals surface area contributed by atoms with Gasteiger partial charge in [0.15, 0.2) is 0 Å². The third-order valence-electron chi connectivity index (χ3n) is 2.48. The van der Waals surface area contributed by atoms with E-state index in [9.17, 15) is 0 Å². The third kappa shape index (κ3) is 3.19. The van der Waals surface area contributed by atoms with Crippen molar-refractivity contribution in [1.82, 2.24) is 19.7 Å². The molecule has 0 aliphatic carbocycles. The number of methoxy groups -OCH3 is 1. The number of ether oxygens (including phenoxy) is 1. The smallest absolute Gasteiger partial charge is 0.218 e. The highest BCUT2D eigenvalue weighted by Gasteiger charge is 2.02. The highest BCUT2D eigenvalue weighted by Crippen LogP contribution is 2.12. The predicted molar refractivity (Wildman–Crippen MR) is 68.7 cm³/mol. The Morgan fingerprint density at radius 1 is 1.39 bits per heavy atom. The van der Waals surface area contributed by atoms with Crippen LogP contribution in [-0.2, 0) is 13.5 Å². The van der Waals surface area contributed by atoms with Crippen molar-refractivity contribution in [2.75, 3.05) is 19.0 Å². The van der Waals surface area contributed by atoms with Crippen molar-refractivity contribution in [1.29, 1.82) is 0 Å². The Labute approximate surface area is 106 Å². The largest absolute Gasteiger partial charge is 0.481 e. The lowest BCUT2D eigenvalue weighted by Gasteiger charge is -2.07. The summed E-state index contributed by atoms with van der Waals surface area (Å²) in [4.78, 5) is 8.42. The first-order chi connectivity index (χ1) is 8.67. The Morgan fingerprint density at radius 3 is 2.89 bits per heavy atom. The van der Waals surface area contributed by atoms with Crippen molar-refractivity contribution in [3.63, 3.8) is 0 Å². The molecule has 0 aromatic carbocycles. The van der Waals surface area contributed by atoms with Gasteiger partial charge in [0.1, 0.15) is 11.6 Å². The molecule has 6 nitrogen and oxygen atoms in total. The molecule has 0 bridgehead atoms. The zero-order chi connectivity index (χ0) is 13.0. The van der Waals surface area contributed by atoms with Gasteiger partial charge in [0, 0.05) is 32.3 Å². The average molecular weight is 247 g/mol. The van der Waals surface area contributed by atoms with Gasteiger partial charge < -0.3 is 10.1 Å². The second kappa shape index (κ2) is 5.48. The number of hydrogen-bond acceptors (Lipinski definition) is 5. The van der Waals surface area contributed by atoms with Crippen LogP contribution in [-0.4, -0.2) is 33.4 Å². The summed E-state index contributed by atoms with van der Waals surface area (Å²) in [5.41, 5.74) is 1.06. The lowest BCUT2D eigenvalue weighted by atomic mass is 10.3. The minimum absolute atomic E-state index is 0.572. The number of nitrogens with zero attached hydrogens (tertiary/aromatic N) is 4. The summed E-state index contributed by atoms with van der Waals surface area (Å²) in [6, 6.07) is 3.79. The highest BCUT2D eigenvalue weighted by molar-refractivity contribution is 5.38. The van der Waals surface area contributed by atoms with Crippen LogP contribution in [0, 0.1) is 6.92 Å². The molecule has 0 spiro atoms. The van der Waals surface area contributed by atoms with E-state index in [1.54, 1.807) is 17.9 Å². The molecule has 2 aromatic rings. The summed E-state index contributed by atoms with van der Waals surface area (Å²) in [6.45, 7) is 2.61. The fraction of sp³-hybridized carbons (Fsp3) is 0.417. The monoisotopic (exact) mass is 247 g/mol. The van der Waals surface area contributed by atoms with Gasteiger partial charge in [0.25, 0.3) is 0 Å². The van der Waals surface area contributed by atoms with Crippen LogP contribution in [0.4, 0.5) is 5.82 Å². The molecule has 6 heteroatoms. The van der Waals surface area contributed by atoms with E-state index in [1.807, 2.05) is 26.2 Å². The number of anilines is 1. The molecule has 0 aliphatic rings. The lowest BCUT2D eigenvalue weighted by molar-refractivity contribution is 0.396. The normalized spacial score (nSPS) is 10.4. The second-order valence-corrected chi connectivity index (χ2v) is 4.00. The van der Waals surface area contributed by atoms with E-state index in [0.717, 1.165) is 24.5 Å². The molecule has 2 aromatic heterocycles. The molecular weight excluding hydrogens is 230 g/mol. The number of hydrogen-bond donors (Lipinski definition) is 1. The zero-order valence-corrected chi connectivity index (χ0v) is 10.8. The van der Waals surface area contributed by atoms with Gasteiger partial charge in [-0.2, -0.15) is 10.1 Å². The molecule has 0 fully saturated rings. The van der Waals surface area contributed by atoms with Crippen LogP contribution in [0.2, 0.25) is 0 Å². The first-order valence-electron chi connectivity index (χ1n) is 5.79. The van der Waals surface area contributed by atoms with E-state index in [1.165, 1.54) is 0 Å². The molecule has 2 heterocycles. The van der Waals surface area contributed by atoms with Gasteiger partial charge in [-0.05, 0) is 13.0 Å². The first-order valence-corrected chi connectivity index (χ1v) is 5.79. The van der Waals surface area contributed by atoms with E-state index in [4.69, 9.17) is 4.74 Å². The zero-order valence-electron chi connectivity index (χ0n) is 10.8. The van der Waals surface area contributed by atoms with Crippen molar-refractivity contribution in [3.8, 4) is 5.88 Å². The molecule has 0 unspecified atom stereocenters. The van der Waals surface area contributed by atoms with Crippen LogP contribution in [0.5, 0.6) is 5.88 Å². The van der Waals surface area contributed by atoms with Gasteiger partial charge in [0.2, 0.25) is 5.88 Å². The number of aromatic nitrogens is 4. The van der Waals surface area contributed by atoms with Crippen LogP contribution < -0.4 is 10.1 Å². The lowest BCUT2D eigenvalue weighted by Crippen LogP contribution is -2.08. The Kier molecular flexibility index (Phi) is 3.76. The molecule has 2 rings (SSSR count). The highest BCUT2D eigenvalue weighted by atomic mass is 16.5. The minimum atomic E-state index is 0.572. The van der Waals surface area contributed by atoms with Gasteiger partial charge in [0.05, 0.1) is 12.8 Å². The molecular formula is C12H17N5O. The molecule has 0 saturated carbocycles. The van der Waals surface area contributed by atoms with Crippen molar-refractivity contribution < 1.29 is 4.74 Å². The van der Waals surface area contributed by atoms with Gasteiger partial charge in [-0.1, -0.05) is 0 Å². The Balaban J connectivity index is 1.91. The predicted octanol–water partition coefficient (Wildman–Crippen LogP) is 1.18. The summed E-state index contributed by atoms with van der Waals surface area (Å²) in [5, 5.41) is 7.55. The molecule has 18 heavy (non-hydrogen) atoms. The Morgan fingerprint density at radius 2 is 2.22 bits per heavy atom. The first kappa shape index (κ1) is 12.3. The standard InChI is InChI=1S/C12H17N5O/c1-9-14-11(8-12(15-9)18-3)13-6-4-10-5-7-17(2)16-10/h5,7-8H,4,6H2,1-3H3,(H,13,14,15). The summed E-state index contributed by atoms with van der Waals surface area (Å²) in [5.74, 6) is 2.04. The van der Waals surface area contributed by atoms with Crippen LogP contribution >= 0.6 is 0 Å². The quantitative estimate of drug-likeness (QED) is 0.859. The van der Waals surface area contributed by atoms with Gasteiger partial charge in [-0.3, -0.25) is 4.68 Å². The number of rotatable bonds is 5. The minimum Gasteiger partial charge on any atom is -0.481 e. The van der Waals surface area contributed by atoms with E-state index < -0.39 is 0 Å². The van der Waals surface area contributed by atoms with Crippen LogP contribution in [0.25, 0.3) is 0 Å². The van der Waals surface area contributed by atoms with Crippen LogP contribution in [0.1, 0.15) is 11.5 Å². The molecule has 0 radical (unpaired) electrons. The Bertz CT molecular complexity index is 523. The van der Waals surface area contributed by atoms with E-state index >= 15 is 0 Å². The summed E-state index contributed by atoms with van der Waals surface area (Å²) in [6.07, 6.45) is 2.79. The second-order valence-electron chi connectivity index (χ2n) is 4.00. The van der Waals surface area contributed by atoms with Crippen molar-refractivity contribution in [3.05, 3.63) is 29.8 Å². The maximum atomic E-state index is 5.10. The number of nitrogens with one attached hydrogen (secondary N) is 1. The summed E-state index contributed by atoms with van der Waals surface area (Å²) >= 11 is 0. The fourth-order valence-electron chi connectivity index (χ4n) is 1.65. The topological polar surface area (TPSA) is 64.9 Å². The molecule has 96 valence electrons. The molecule has 0 aliphatic heterocycles. The van der Waals surface area contributed by atoms with Crippen molar-refractivity contribution in [2.24, 2.45) is 7.05 Å². The number of aryl methyl sites for hydroxylation is 2. The molecule has 0 saturated heterocycles. The molecule has 0 amide bonds. The van der Waals surface area contributed by atoms with Crippen molar-refractivity contribution in [2.45, 2.75) is 13.3 Å². The molecule has 1 N–H and O–H groups in total. The van der Waals surface area contributed by atoms with Crippen LogP contribution in [0.15, 0.2) is 18.3 Å². The maximum Gasteiger partial charge on any atom is 0.218 e.